The second kappa shape index (κ2) is 5.33. The normalized spacial score (nSPS) is 27.3. The van der Waals surface area contributed by atoms with E-state index < -0.39 is 6.10 Å². The third-order valence-corrected chi connectivity index (χ3v) is 4.80. The molecule has 1 aromatic carbocycles. The molecule has 1 saturated carbocycles. The third-order valence-electron chi connectivity index (χ3n) is 4.21. The largest absolute Gasteiger partial charge is 0.454 e. The molecule has 1 N–H and O–H groups in total. The molecule has 0 aromatic heterocycles. The van der Waals surface area contributed by atoms with Gasteiger partial charge in [-0.1, -0.05) is 19.8 Å². The highest BCUT2D eigenvalue weighted by molar-refractivity contribution is 9.10. The molecule has 2 aliphatic rings. The van der Waals surface area contributed by atoms with Gasteiger partial charge in [-0.2, -0.15) is 0 Å². The quantitative estimate of drug-likeness (QED) is 0.891. The minimum absolute atomic E-state index is 0.258. The summed E-state index contributed by atoms with van der Waals surface area (Å²) in [5.74, 6) is 2.54. The Morgan fingerprint density at radius 2 is 2.16 bits per heavy atom. The van der Waals surface area contributed by atoms with Gasteiger partial charge >= 0.3 is 0 Å². The minimum atomic E-state index is -0.409. The Morgan fingerprint density at radius 3 is 2.95 bits per heavy atom. The first-order chi connectivity index (χ1) is 9.15. The van der Waals surface area contributed by atoms with Crippen molar-refractivity contribution < 1.29 is 14.6 Å². The number of benzene rings is 1. The Morgan fingerprint density at radius 1 is 1.32 bits per heavy atom. The van der Waals surface area contributed by atoms with E-state index in [9.17, 15) is 5.11 Å². The van der Waals surface area contributed by atoms with E-state index >= 15 is 0 Å². The Labute approximate surface area is 122 Å². The molecular formula is C15H19BrO3. The molecule has 0 radical (unpaired) electrons. The zero-order valence-corrected chi connectivity index (χ0v) is 12.6. The molecule has 1 fully saturated rings. The average Bonchev–Trinajstić information content (AvgIpc) is 2.86. The highest BCUT2D eigenvalue weighted by Crippen LogP contribution is 2.44. The van der Waals surface area contributed by atoms with E-state index in [0.717, 1.165) is 34.4 Å². The van der Waals surface area contributed by atoms with E-state index in [4.69, 9.17) is 9.47 Å². The van der Waals surface area contributed by atoms with Gasteiger partial charge in [0.2, 0.25) is 6.79 Å². The van der Waals surface area contributed by atoms with Crippen molar-refractivity contribution in [3.05, 3.63) is 22.2 Å². The van der Waals surface area contributed by atoms with E-state index in [0.29, 0.717) is 11.8 Å². The third kappa shape index (κ3) is 2.61. The summed E-state index contributed by atoms with van der Waals surface area (Å²) in [6, 6.07) is 3.87. The van der Waals surface area contributed by atoms with E-state index in [1.807, 2.05) is 12.1 Å². The summed E-state index contributed by atoms with van der Waals surface area (Å²) in [6.07, 6.45) is 4.31. The van der Waals surface area contributed by atoms with Crippen molar-refractivity contribution in [1.82, 2.24) is 0 Å². The van der Waals surface area contributed by atoms with E-state index in [1.165, 1.54) is 12.8 Å². The van der Waals surface area contributed by atoms with Gasteiger partial charge in [0, 0.05) is 0 Å². The van der Waals surface area contributed by atoms with Gasteiger partial charge in [-0.25, -0.2) is 0 Å². The number of hydrogen-bond acceptors (Lipinski definition) is 3. The molecule has 3 rings (SSSR count). The fraction of sp³-hybridized carbons (Fsp3) is 0.600. The van der Waals surface area contributed by atoms with Crippen molar-refractivity contribution in [2.24, 2.45) is 11.8 Å². The minimum Gasteiger partial charge on any atom is -0.454 e. The van der Waals surface area contributed by atoms with Gasteiger partial charge in [0.15, 0.2) is 11.5 Å². The van der Waals surface area contributed by atoms with Gasteiger partial charge in [-0.05, 0) is 58.3 Å². The molecule has 0 bridgehead atoms. The molecular weight excluding hydrogens is 308 g/mol. The van der Waals surface area contributed by atoms with Crippen LogP contribution < -0.4 is 9.47 Å². The first-order valence-corrected chi connectivity index (χ1v) is 7.71. The number of aliphatic hydroxyl groups excluding tert-OH is 1. The van der Waals surface area contributed by atoms with Gasteiger partial charge in [0.25, 0.3) is 0 Å². The molecule has 3 nitrogen and oxygen atoms in total. The Bertz CT molecular complexity index is 475. The van der Waals surface area contributed by atoms with Gasteiger partial charge < -0.3 is 14.6 Å². The van der Waals surface area contributed by atoms with Gasteiger partial charge in [-0.3, -0.25) is 0 Å². The molecule has 104 valence electrons. The molecule has 19 heavy (non-hydrogen) atoms. The SMILES string of the molecule is CC1CCCC(C(O)c2cc(Br)c3c(c2)OCO3)C1. The van der Waals surface area contributed by atoms with Crippen LogP contribution >= 0.6 is 15.9 Å². The van der Waals surface area contributed by atoms with E-state index in [1.54, 1.807) is 0 Å². The number of ether oxygens (including phenoxy) is 2. The van der Waals surface area contributed by atoms with Crippen molar-refractivity contribution in [2.75, 3.05) is 6.79 Å². The molecule has 1 aliphatic heterocycles. The molecule has 3 atom stereocenters. The Hall–Kier alpha value is -0.740. The second-order valence-electron chi connectivity index (χ2n) is 5.71. The van der Waals surface area contributed by atoms with Gasteiger partial charge in [-0.15, -0.1) is 0 Å². The first kappa shape index (κ1) is 13.3. The predicted octanol–water partition coefficient (Wildman–Crippen LogP) is 4.04. The summed E-state index contributed by atoms with van der Waals surface area (Å²) in [4.78, 5) is 0. The van der Waals surface area contributed by atoms with Crippen LogP contribution in [0.5, 0.6) is 11.5 Å². The lowest BCUT2D eigenvalue weighted by molar-refractivity contribution is 0.0712. The monoisotopic (exact) mass is 326 g/mol. The van der Waals surface area contributed by atoms with Crippen LogP contribution in [-0.2, 0) is 0 Å². The number of rotatable bonds is 2. The molecule has 0 spiro atoms. The summed E-state index contributed by atoms with van der Waals surface area (Å²) < 4.78 is 11.7. The van der Waals surface area contributed by atoms with Crippen LogP contribution in [0.1, 0.15) is 44.3 Å². The van der Waals surface area contributed by atoms with Crippen LogP contribution in [0.25, 0.3) is 0 Å². The maximum atomic E-state index is 10.6. The van der Waals surface area contributed by atoms with Gasteiger partial charge in [0.1, 0.15) is 0 Å². The molecule has 3 unspecified atom stereocenters. The standard InChI is InChI=1S/C15H19BrO3/c1-9-3-2-4-10(5-9)14(17)11-6-12(16)15-13(7-11)18-8-19-15/h6-7,9-10,14,17H,2-5,8H2,1H3. The summed E-state index contributed by atoms with van der Waals surface area (Å²) >= 11 is 3.49. The van der Waals surface area contributed by atoms with Crippen LogP contribution in [0.3, 0.4) is 0 Å². The van der Waals surface area contributed by atoms with Crippen molar-refractivity contribution in [3.63, 3.8) is 0 Å². The Kier molecular flexibility index (Phi) is 3.72. The average molecular weight is 327 g/mol. The maximum Gasteiger partial charge on any atom is 0.231 e. The van der Waals surface area contributed by atoms with Crippen molar-refractivity contribution in [3.8, 4) is 11.5 Å². The summed E-state index contributed by atoms with van der Waals surface area (Å²) in [6.45, 7) is 2.53. The van der Waals surface area contributed by atoms with Crippen LogP contribution in [-0.4, -0.2) is 11.9 Å². The lowest BCUT2D eigenvalue weighted by atomic mass is 9.78. The smallest absolute Gasteiger partial charge is 0.231 e. The highest BCUT2D eigenvalue weighted by Gasteiger charge is 2.28. The molecule has 1 aliphatic carbocycles. The van der Waals surface area contributed by atoms with Gasteiger partial charge in [0.05, 0.1) is 10.6 Å². The summed E-state index contributed by atoms with van der Waals surface area (Å²) in [5, 5.41) is 10.6. The zero-order chi connectivity index (χ0) is 13.4. The van der Waals surface area contributed by atoms with E-state index in [-0.39, 0.29) is 6.79 Å². The van der Waals surface area contributed by atoms with Crippen LogP contribution in [0.15, 0.2) is 16.6 Å². The lowest BCUT2D eigenvalue weighted by Crippen LogP contribution is -2.20. The van der Waals surface area contributed by atoms with Crippen molar-refractivity contribution in [1.29, 1.82) is 0 Å². The topological polar surface area (TPSA) is 38.7 Å². The number of aliphatic hydroxyl groups is 1. The predicted molar refractivity (Wildman–Crippen MR) is 76.3 cm³/mol. The maximum absolute atomic E-state index is 10.6. The Balaban J connectivity index is 1.83. The van der Waals surface area contributed by atoms with E-state index in [2.05, 4.69) is 22.9 Å². The van der Waals surface area contributed by atoms with Crippen LogP contribution in [0.2, 0.25) is 0 Å². The fourth-order valence-corrected chi connectivity index (χ4v) is 3.77. The zero-order valence-electron chi connectivity index (χ0n) is 11.1. The summed E-state index contributed by atoms with van der Waals surface area (Å²) in [7, 11) is 0. The highest BCUT2D eigenvalue weighted by atomic mass is 79.9. The van der Waals surface area contributed by atoms with Crippen molar-refractivity contribution in [2.45, 2.75) is 38.7 Å². The van der Waals surface area contributed by atoms with Crippen molar-refractivity contribution >= 4 is 15.9 Å². The van der Waals surface area contributed by atoms with Crippen LogP contribution in [0, 0.1) is 11.8 Å². The van der Waals surface area contributed by atoms with Crippen LogP contribution in [0.4, 0.5) is 0 Å². The fourth-order valence-electron chi connectivity index (χ4n) is 3.20. The lowest BCUT2D eigenvalue weighted by Gasteiger charge is -2.30. The number of hydrogen-bond donors (Lipinski definition) is 1. The number of halogens is 1. The summed E-state index contributed by atoms with van der Waals surface area (Å²) in [5.41, 5.74) is 0.926. The number of fused-ring (bicyclic) bond motifs is 1. The molecule has 1 heterocycles. The molecule has 1 aromatic rings. The molecule has 4 heteroatoms. The second-order valence-corrected chi connectivity index (χ2v) is 6.57. The first-order valence-electron chi connectivity index (χ1n) is 6.92. The molecule has 0 saturated heterocycles. The molecule has 0 amide bonds.